The number of hydrogen-bond donors (Lipinski definition) is 1. The Morgan fingerprint density at radius 3 is 2.71 bits per heavy atom. The quantitative estimate of drug-likeness (QED) is 0.904. The summed E-state index contributed by atoms with van der Waals surface area (Å²) < 4.78 is 33.2. The molecule has 2 aromatic rings. The van der Waals surface area contributed by atoms with Crippen molar-refractivity contribution in [3.63, 3.8) is 0 Å². The number of aryl methyl sites for hydroxylation is 3. The Bertz CT molecular complexity index is 876. The summed E-state index contributed by atoms with van der Waals surface area (Å²) >= 11 is 0. The molecule has 128 valence electrons. The molecule has 0 fully saturated rings. The van der Waals surface area contributed by atoms with Crippen LogP contribution in [0.2, 0.25) is 0 Å². The maximum absolute atomic E-state index is 12.6. The number of sulfonamides is 1. The molecule has 0 unspecified atom stereocenters. The van der Waals surface area contributed by atoms with Gasteiger partial charge in [0, 0.05) is 17.3 Å². The average Bonchev–Trinajstić information content (AvgIpc) is 3.02. The summed E-state index contributed by atoms with van der Waals surface area (Å²) in [7, 11) is -1.95. The van der Waals surface area contributed by atoms with Crippen molar-refractivity contribution in [3.05, 3.63) is 52.3 Å². The van der Waals surface area contributed by atoms with E-state index >= 15 is 0 Å². The number of methoxy groups -OCH3 is 1. The molecule has 5 nitrogen and oxygen atoms in total. The maximum Gasteiger partial charge on any atom is 0.240 e. The highest BCUT2D eigenvalue weighted by atomic mass is 32.2. The minimum absolute atomic E-state index is 0.141. The number of fused-ring (bicyclic) bond motifs is 1. The summed E-state index contributed by atoms with van der Waals surface area (Å²) in [5.74, 6) is 0.747. The number of aromatic nitrogens is 1. The molecule has 24 heavy (non-hydrogen) atoms. The Hall–Kier alpha value is -1.92. The normalized spacial score (nSPS) is 13.8. The summed E-state index contributed by atoms with van der Waals surface area (Å²) in [6, 6.07) is 5.40. The Morgan fingerprint density at radius 1 is 1.21 bits per heavy atom. The lowest BCUT2D eigenvalue weighted by Crippen LogP contribution is -2.24. The van der Waals surface area contributed by atoms with Crippen molar-refractivity contribution in [1.82, 2.24) is 9.71 Å². The molecule has 0 bridgehead atoms. The number of ether oxygens (including phenoxy) is 1. The number of hydrogen-bond acceptors (Lipinski definition) is 4. The molecule has 0 amide bonds. The molecular formula is C18H22N2O3S. The molecule has 1 aromatic carbocycles. The van der Waals surface area contributed by atoms with E-state index in [0.717, 1.165) is 41.7 Å². The lowest BCUT2D eigenvalue weighted by Gasteiger charge is -2.13. The Labute approximate surface area is 143 Å². The van der Waals surface area contributed by atoms with Crippen LogP contribution in [0.15, 0.2) is 29.3 Å². The first-order chi connectivity index (χ1) is 11.4. The van der Waals surface area contributed by atoms with Gasteiger partial charge < -0.3 is 4.74 Å². The van der Waals surface area contributed by atoms with Crippen molar-refractivity contribution in [1.29, 1.82) is 0 Å². The van der Waals surface area contributed by atoms with E-state index in [9.17, 15) is 8.42 Å². The highest BCUT2D eigenvalue weighted by molar-refractivity contribution is 7.89. The van der Waals surface area contributed by atoms with Crippen molar-refractivity contribution in [3.8, 4) is 5.75 Å². The van der Waals surface area contributed by atoms with Gasteiger partial charge in [0.05, 0.1) is 24.2 Å². The van der Waals surface area contributed by atoms with Crippen LogP contribution in [0.4, 0.5) is 0 Å². The third-order valence-electron chi connectivity index (χ3n) is 4.56. The van der Waals surface area contributed by atoms with Gasteiger partial charge in [-0.05, 0) is 56.4 Å². The summed E-state index contributed by atoms with van der Waals surface area (Å²) in [5.41, 5.74) is 4.86. The molecular weight excluding hydrogens is 324 g/mol. The number of nitrogens with zero attached hydrogens (tertiary/aromatic N) is 1. The van der Waals surface area contributed by atoms with Gasteiger partial charge in [-0.25, -0.2) is 13.1 Å². The first-order valence-corrected chi connectivity index (χ1v) is 9.51. The second-order valence-electron chi connectivity index (χ2n) is 6.15. The zero-order valence-electron chi connectivity index (χ0n) is 14.2. The van der Waals surface area contributed by atoms with E-state index in [0.29, 0.717) is 10.6 Å². The van der Waals surface area contributed by atoms with E-state index in [-0.39, 0.29) is 6.54 Å². The van der Waals surface area contributed by atoms with Gasteiger partial charge >= 0.3 is 0 Å². The fourth-order valence-electron chi connectivity index (χ4n) is 3.21. The van der Waals surface area contributed by atoms with E-state index < -0.39 is 10.0 Å². The second-order valence-corrected chi connectivity index (χ2v) is 7.92. The van der Waals surface area contributed by atoms with Crippen molar-refractivity contribution in [2.45, 2.75) is 44.6 Å². The molecule has 1 N–H and O–H groups in total. The topological polar surface area (TPSA) is 68.3 Å². The molecule has 1 heterocycles. The van der Waals surface area contributed by atoms with E-state index in [2.05, 4.69) is 9.71 Å². The summed E-state index contributed by atoms with van der Waals surface area (Å²) in [6.07, 6.45) is 4.79. The van der Waals surface area contributed by atoms with Gasteiger partial charge in [-0.15, -0.1) is 0 Å². The number of benzene rings is 1. The van der Waals surface area contributed by atoms with E-state index in [1.165, 1.54) is 5.56 Å². The predicted octanol–water partition coefficient (Wildman–Crippen LogP) is 2.67. The largest absolute Gasteiger partial charge is 0.496 e. The van der Waals surface area contributed by atoms with E-state index in [4.69, 9.17) is 4.74 Å². The van der Waals surface area contributed by atoms with Gasteiger partial charge in [-0.3, -0.25) is 4.98 Å². The van der Waals surface area contributed by atoms with Crippen LogP contribution in [0, 0.1) is 13.8 Å². The molecule has 6 heteroatoms. The first-order valence-electron chi connectivity index (χ1n) is 8.03. The molecule has 0 saturated heterocycles. The van der Waals surface area contributed by atoms with Crippen LogP contribution < -0.4 is 9.46 Å². The zero-order valence-corrected chi connectivity index (χ0v) is 15.0. The van der Waals surface area contributed by atoms with Crippen LogP contribution in [0.3, 0.4) is 0 Å². The third-order valence-corrected chi connectivity index (χ3v) is 5.96. The van der Waals surface area contributed by atoms with E-state index in [1.54, 1.807) is 25.4 Å². The number of rotatable bonds is 5. The van der Waals surface area contributed by atoms with Crippen molar-refractivity contribution in [2.75, 3.05) is 7.11 Å². The molecule has 0 saturated carbocycles. The van der Waals surface area contributed by atoms with Gasteiger partial charge in [0.2, 0.25) is 10.0 Å². The summed E-state index contributed by atoms with van der Waals surface area (Å²) in [4.78, 5) is 4.65. The number of nitrogens with one attached hydrogen (secondary N) is 1. The Morgan fingerprint density at radius 2 is 1.96 bits per heavy atom. The van der Waals surface area contributed by atoms with Crippen LogP contribution in [-0.4, -0.2) is 20.5 Å². The highest BCUT2D eigenvalue weighted by Gasteiger charge is 2.19. The van der Waals surface area contributed by atoms with Crippen molar-refractivity contribution in [2.24, 2.45) is 0 Å². The minimum atomic E-state index is -3.56. The molecule has 1 aromatic heterocycles. The molecule has 1 aliphatic rings. The SMILES string of the molecule is COc1c(C)cnc(CNS(=O)(=O)c2ccc3c(c2)CCC3)c1C. The minimum Gasteiger partial charge on any atom is -0.496 e. The molecule has 0 aliphatic heterocycles. The van der Waals surface area contributed by atoms with Crippen LogP contribution in [0.1, 0.15) is 34.4 Å². The lowest BCUT2D eigenvalue weighted by atomic mass is 10.1. The second kappa shape index (κ2) is 6.53. The monoisotopic (exact) mass is 346 g/mol. The molecule has 3 rings (SSSR count). The Kier molecular flexibility index (Phi) is 4.60. The van der Waals surface area contributed by atoms with Gasteiger partial charge in [-0.1, -0.05) is 6.07 Å². The van der Waals surface area contributed by atoms with Gasteiger partial charge in [0.1, 0.15) is 5.75 Å². The smallest absolute Gasteiger partial charge is 0.240 e. The van der Waals surface area contributed by atoms with Gasteiger partial charge in [-0.2, -0.15) is 0 Å². The lowest BCUT2D eigenvalue weighted by molar-refractivity contribution is 0.406. The molecule has 1 aliphatic carbocycles. The predicted molar refractivity (Wildman–Crippen MR) is 92.8 cm³/mol. The zero-order chi connectivity index (χ0) is 17.3. The van der Waals surface area contributed by atoms with Gasteiger partial charge in [0.15, 0.2) is 0 Å². The van der Waals surface area contributed by atoms with Crippen LogP contribution >= 0.6 is 0 Å². The van der Waals surface area contributed by atoms with Crippen LogP contribution in [0.5, 0.6) is 5.75 Å². The molecule has 0 atom stereocenters. The third kappa shape index (κ3) is 3.16. The van der Waals surface area contributed by atoms with Crippen molar-refractivity contribution < 1.29 is 13.2 Å². The fourth-order valence-corrected chi connectivity index (χ4v) is 4.25. The maximum atomic E-state index is 12.6. The average molecular weight is 346 g/mol. The highest BCUT2D eigenvalue weighted by Crippen LogP contribution is 2.26. The standard InChI is InChI=1S/C18H22N2O3S/c1-12-10-19-17(13(2)18(12)23-3)11-20-24(21,22)16-8-7-14-5-4-6-15(14)9-16/h7-10,20H,4-6,11H2,1-3H3. The summed E-state index contributed by atoms with van der Waals surface area (Å²) in [5, 5.41) is 0. The van der Waals surface area contributed by atoms with Crippen LogP contribution in [-0.2, 0) is 29.4 Å². The van der Waals surface area contributed by atoms with E-state index in [1.807, 2.05) is 19.9 Å². The van der Waals surface area contributed by atoms with Crippen LogP contribution in [0.25, 0.3) is 0 Å². The summed E-state index contributed by atoms with van der Waals surface area (Å²) in [6.45, 7) is 3.94. The fraction of sp³-hybridized carbons (Fsp3) is 0.389. The molecule has 0 radical (unpaired) electrons. The van der Waals surface area contributed by atoms with Gasteiger partial charge in [0.25, 0.3) is 0 Å². The number of pyridine rings is 1. The first kappa shape index (κ1) is 16.9. The molecule has 0 spiro atoms. The van der Waals surface area contributed by atoms with Crippen molar-refractivity contribution >= 4 is 10.0 Å². The Balaban J connectivity index is 1.81.